The van der Waals surface area contributed by atoms with Crippen LogP contribution < -0.4 is 5.73 Å². The van der Waals surface area contributed by atoms with E-state index < -0.39 is 5.97 Å². The van der Waals surface area contributed by atoms with Gasteiger partial charge in [0.05, 0.1) is 6.10 Å². The second-order valence-electron chi connectivity index (χ2n) is 4.27. The van der Waals surface area contributed by atoms with Gasteiger partial charge in [-0.25, -0.2) is 4.79 Å². The molecule has 1 heterocycles. The quantitative estimate of drug-likeness (QED) is 0.566. The molecule has 5 nitrogen and oxygen atoms in total. The van der Waals surface area contributed by atoms with E-state index in [0.717, 1.165) is 12.8 Å². The van der Waals surface area contributed by atoms with Gasteiger partial charge in [-0.1, -0.05) is 26.2 Å². The van der Waals surface area contributed by atoms with Crippen molar-refractivity contribution in [2.75, 3.05) is 5.73 Å². The highest BCUT2D eigenvalue weighted by molar-refractivity contribution is 5.88. The Hall–Kier alpha value is -1.52. The van der Waals surface area contributed by atoms with Crippen LogP contribution in [0.2, 0.25) is 0 Å². The van der Waals surface area contributed by atoms with Crippen molar-refractivity contribution in [2.45, 2.75) is 52.1 Å². The third-order valence-electron chi connectivity index (χ3n) is 2.59. The Labute approximate surface area is 102 Å². The fourth-order valence-corrected chi connectivity index (χ4v) is 1.61. The van der Waals surface area contributed by atoms with Crippen LogP contribution in [0, 0.1) is 0 Å². The van der Waals surface area contributed by atoms with Gasteiger partial charge < -0.3 is 10.5 Å². The van der Waals surface area contributed by atoms with Crippen LogP contribution in [-0.2, 0) is 4.74 Å². The second-order valence-corrected chi connectivity index (χ2v) is 4.27. The Morgan fingerprint density at radius 3 is 2.88 bits per heavy atom. The first-order valence-electron chi connectivity index (χ1n) is 6.15. The van der Waals surface area contributed by atoms with E-state index in [2.05, 4.69) is 17.1 Å². The molecule has 1 atom stereocenters. The zero-order valence-corrected chi connectivity index (χ0v) is 10.5. The van der Waals surface area contributed by atoms with E-state index in [1.165, 1.54) is 25.3 Å². The first kappa shape index (κ1) is 13.5. The Kier molecular flexibility index (Phi) is 5.52. The van der Waals surface area contributed by atoms with Crippen LogP contribution >= 0.6 is 0 Å². The molecule has 0 aliphatic rings. The van der Waals surface area contributed by atoms with E-state index in [-0.39, 0.29) is 6.10 Å². The third kappa shape index (κ3) is 4.89. The van der Waals surface area contributed by atoms with E-state index in [1.54, 1.807) is 0 Å². The lowest BCUT2D eigenvalue weighted by molar-refractivity contribution is 0.0312. The molecule has 0 amide bonds. The smallest absolute Gasteiger partial charge is 0.356 e. The van der Waals surface area contributed by atoms with Gasteiger partial charge in [-0.2, -0.15) is 5.10 Å². The van der Waals surface area contributed by atoms with Crippen molar-refractivity contribution in [3.63, 3.8) is 0 Å². The zero-order chi connectivity index (χ0) is 12.7. The summed E-state index contributed by atoms with van der Waals surface area (Å²) in [5.41, 5.74) is 5.72. The number of hydrogen-bond acceptors (Lipinski definition) is 4. The highest BCUT2D eigenvalue weighted by atomic mass is 16.5. The van der Waals surface area contributed by atoms with Gasteiger partial charge in [-0.3, -0.25) is 5.10 Å². The number of esters is 1. The van der Waals surface area contributed by atoms with Crippen molar-refractivity contribution in [3.8, 4) is 0 Å². The molecule has 1 aromatic heterocycles. The van der Waals surface area contributed by atoms with E-state index in [4.69, 9.17) is 10.5 Å². The molecule has 0 spiro atoms. The number of nitrogens with two attached hydrogens (primary N) is 1. The van der Waals surface area contributed by atoms with Gasteiger partial charge in [0, 0.05) is 6.07 Å². The maximum absolute atomic E-state index is 11.6. The summed E-state index contributed by atoms with van der Waals surface area (Å²) < 4.78 is 5.26. The molecule has 5 heteroatoms. The lowest BCUT2D eigenvalue weighted by Gasteiger charge is -2.11. The lowest BCUT2D eigenvalue weighted by atomic mass is 10.1. The molecule has 1 rings (SSSR count). The molecule has 3 N–H and O–H groups in total. The molecule has 0 aromatic carbocycles. The van der Waals surface area contributed by atoms with Gasteiger partial charge >= 0.3 is 5.97 Å². The van der Waals surface area contributed by atoms with Crippen molar-refractivity contribution in [1.82, 2.24) is 10.2 Å². The summed E-state index contributed by atoms with van der Waals surface area (Å²) in [5.74, 6) is -0.0928. The normalized spacial score (nSPS) is 12.4. The first-order valence-corrected chi connectivity index (χ1v) is 6.15. The van der Waals surface area contributed by atoms with Gasteiger partial charge in [-0.05, 0) is 19.8 Å². The predicted octanol–water partition coefficient (Wildman–Crippen LogP) is 2.51. The maximum Gasteiger partial charge on any atom is 0.356 e. The summed E-state index contributed by atoms with van der Waals surface area (Å²) in [7, 11) is 0. The molecular weight excluding hydrogens is 218 g/mol. The molecule has 0 bridgehead atoms. The van der Waals surface area contributed by atoms with Crippen LogP contribution in [0.15, 0.2) is 6.07 Å². The minimum absolute atomic E-state index is 0.0659. The van der Waals surface area contributed by atoms with Crippen molar-refractivity contribution in [2.24, 2.45) is 0 Å². The summed E-state index contributed by atoms with van der Waals surface area (Å²) >= 11 is 0. The SMILES string of the molecule is CCCCCCC(C)OC(=O)c1cc(N)n[nH]1. The number of aromatic amines is 1. The molecule has 1 unspecified atom stereocenters. The van der Waals surface area contributed by atoms with Gasteiger partial charge in [0.1, 0.15) is 11.5 Å². The van der Waals surface area contributed by atoms with E-state index in [9.17, 15) is 4.79 Å². The topological polar surface area (TPSA) is 81.0 Å². The largest absolute Gasteiger partial charge is 0.458 e. The molecule has 17 heavy (non-hydrogen) atoms. The minimum atomic E-state index is -0.391. The Morgan fingerprint density at radius 2 is 2.29 bits per heavy atom. The molecule has 0 fully saturated rings. The Bertz CT molecular complexity index is 349. The number of rotatable bonds is 7. The molecular formula is C12H21N3O2. The van der Waals surface area contributed by atoms with Crippen LogP contribution in [0.5, 0.6) is 0 Å². The van der Waals surface area contributed by atoms with Gasteiger partial charge in [0.2, 0.25) is 0 Å². The molecule has 0 radical (unpaired) electrons. The summed E-state index contributed by atoms with van der Waals surface area (Å²) in [6.45, 7) is 4.08. The highest BCUT2D eigenvalue weighted by Crippen LogP contribution is 2.10. The van der Waals surface area contributed by atoms with E-state index in [0.29, 0.717) is 11.5 Å². The Balaban J connectivity index is 2.26. The second kappa shape index (κ2) is 6.93. The molecule has 0 saturated carbocycles. The monoisotopic (exact) mass is 239 g/mol. The average molecular weight is 239 g/mol. The molecule has 96 valence electrons. The maximum atomic E-state index is 11.6. The fourth-order valence-electron chi connectivity index (χ4n) is 1.61. The van der Waals surface area contributed by atoms with E-state index >= 15 is 0 Å². The predicted molar refractivity (Wildman–Crippen MR) is 66.6 cm³/mol. The zero-order valence-electron chi connectivity index (χ0n) is 10.5. The average Bonchev–Trinajstić information content (AvgIpc) is 2.71. The number of nitrogens with zero attached hydrogens (tertiary/aromatic N) is 1. The van der Waals surface area contributed by atoms with Crippen LogP contribution in [-0.4, -0.2) is 22.3 Å². The fraction of sp³-hybridized carbons (Fsp3) is 0.667. The number of nitrogens with one attached hydrogen (secondary N) is 1. The van der Waals surface area contributed by atoms with Crippen molar-refractivity contribution < 1.29 is 9.53 Å². The third-order valence-corrected chi connectivity index (χ3v) is 2.59. The summed E-state index contributed by atoms with van der Waals surface area (Å²) in [4.78, 5) is 11.6. The first-order chi connectivity index (χ1) is 8.13. The highest BCUT2D eigenvalue weighted by Gasteiger charge is 2.13. The molecule has 0 aliphatic carbocycles. The van der Waals surface area contributed by atoms with Crippen molar-refractivity contribution >= 4 is 11.8 Å². The number of ether oxygens (including phenoxy) is 1. The van der Waals surface area contributed by atoms with Crippen LogP contribution in [0.4, 0.5) is 5.82 Å². The van der Waals surface area contributed by atoms with Gasteiger partial charge in [0.25, 0.3) is 0 Å². The number of unbranched alkanes of at least 4 members (excludes halogenated alkanes) is 3. The van der Waals surface area contributed by atoms with Crippen LogP contribution in [0.25, 0.3) is 0 Å². The van der Waals surface area contributed by atoms with Crippen LogP contribution in [0.1, 0.15) is 56.4 Å². The van der Waals surface area contributed by atoms with Gasteiger partial charge in [-0.15, -0.1) is 0 Å². The summed E-state index contributed by atoms with van der Waals surface area (Å²) in [6.07, 6.45) is 5.56. The number of carbonyl (C=O) groups is 1. The standard InChI is InChI=1S/C12H21N3O2/c1-3-4-5-6-7-9(2)17-12(16)10-8-11(13)15-14-10/h8-9H,3-7H2,1-2H3,(H3,13,14,15). The molecule has 0 saturated heterocycles. The number of carbonyl (C=O) groups excluding carboxylic acids is 1. The molecule has 0 aliphatic heterocycles. The van der Waals surface area contributed by atoms with Crippen molar-refractivity contribution in [1.29, 1.82) is 0 Å². The number of H-pyrrole nitrogens is 1. The number of anilines is 1. The number of hydrogen-bond donors (Lipinski definition) is 2. The van der Waals surface area contributed by atoms with Crippen molar-refractivity contribution in [3.05, 3.63) is 11.8 Å². The number of aromatic nitrogens is 2. The summed E-state index contributed by atoms with van der Waals surface area (Å²) in [5, 5.41) is 6.22. The Morgan fingerprint density at radius 1 is 1.53 bits per heavy atom. The van der Waals surface area contributed by atoms with Crippen LogP contribution in [0.3, 0.4) is 0 Å². The lowest BCUT2D eigenvalue weighted by Crippen LogP contribution is -2.15. The summed E-state index contributed by atoms with van der Waals surface area (Å²) in [6, 6.07) is 1.48. The minimum Gasteiger partial charge on any atom is -0.458 e. The van der Waals surface area contributed by atoms with E-state index in [1.807, 2.05) is 6.92 Å². The molecule has 1 aromatic rings. The number of nitrogen functional groups attached to an aromatic ring is 1. The van der Waals surface area contributed by atoms with Gasteiger partial charge in [0.15, 0.2) is 0 Å².